The van der Waals surface area contributed by atoms with E-state index in [-0.39, 0.29) is 28.8 Å². The highest BCUT2D eigenvalue weighted by atomic mass is 16.4. The van der Waals surface area contributed by atoms with Gasteiger partial charge in [0.25, 0.3) is 0 Å². The van der Waals surface area contributed by atoms with Crippen molar-refractivity contribution in [2.45, 2.75) is 38.6 Å². The maximum Gasteiger partial charge on any atom is 0.338 e. The number of carboxylic acids is 2. The lowest BCUT2D eigenvalue weighted by atomic mass is 9.93. The second kappa shape index (κ2) is 8.30. The van der Waals surface area contributed by atoms with Crippen LogP contribution in [0.3, 0.4) is 0 Å². The Labute approximate surface area is 195 Å². The number of amides is 1. The van der Waals surface area contributed by atoms with Crippen LogP contribution in [-0.4, -0.2) is 39.1 Å². The molecule has 0 unspecified atom stereocenters. The highest BCUT2D eigenvalue weighted by molar-refractivity contribution is 6.07. The van der Waals surface area contributed by atoms with Crippen molar-refractivity contribution in [1.29, 1.82) is 0 Å². The minimum Gasteiger partial charge on any atom is -0.478 e. The molecule has 34 heavy (non-hydrogen) atoms. The Balaban J connectivity index is 1.70. The molecule has 5 rings (SSSR count). The number of pyridine rings is 1. The summed E-state index contributed by atoms with van der Waals surface area (Å²) in [6.45, 7) is 1.89. The van der Waals surface area contributed by atoms with Crippen molar-refractivity contribution in [2.24, 2.45) is 0 Å². The predicted octanol–water partition coefficient (Wildman–Crippen LogP) is 4.64. The first-order valence-electron chi connectivity index (χ1n) is 11.1. The van der Waals surface area contributed by atoms with Crippen LogP contribution in [-0.2, 0) is 11.2 Å². The lowest BCUT2D eigenvalue weighted by molar-refractivity contribution is -0.119. The molecule has 2 aromatic carbocycles. The van der Waals surface area contributed by atoms with Crippen molar-refractivity contribution in [2.75, 3.05) is 10.2 Å². The van der Waals surface area contributed by atoms with E-state index in [0.29, 0.717) is 18.5 Å². The number of aryl methyl sites for hydroxylation is 2. The van der Waals surface area contributed by atoms with Crippen molar-refractivity contribution >= 4 is 34.9 Å². The van der Waals surface area contributed by atoms with Crippen LogP contribution in [0.2, 0.25) is 0 Å². The third-order valence-electron chi connectivity index (χ3n) is 6.25. The molecule has 172 valence electrons. The quantitative estimate of drug-likeness (QED) is 0.493. The number of fused-ring (bicyclic) bond motifs is 1. The Kier molecular flexibility index (Phi) is 5.28. The number of hydrogen-bond acceptors (Lipinski definition) is 5. The lowest BCUT2D eigenvalue weighted by Gasteiger charge is -2.31. The zero-order valence-electron chi connectivity index (χ0n) is 18.5. The van der Waals surface area contributed by atoms with E-state index in [1.54, 1.807) is 12.3 Å². The van der Waals surface area contributed by atoms with E-state index in [2.05, 4.69) is 10.3 Å². The van der Waals surface area contributed by atoms with Crippen LogP contribution in [0.1, 0.15) is 51.2 Å². The Morgan fingerprint density at radius 1 is 1.03 bits per heavy atom. The van der Waals surface area contributed by atoms with Gasteiger partial charge < -0.3 is 20.4 Å². The van der Waals surface area contributed by atoms with E-state index in [1.807, 2.05) is 36.1 Å². The lowest BCUT2D eigenvalue weighted by Crippen LogP contribution is -2.37. The van der Waals surface area contributed by atoms with Gasteiger partial charge >= 0.3 is 11.9 Å². The minimum absolute atomic E-state index is 0.0903. The van der Waals surface area contributed by atoms with E-state index in [1.165, 1.54) is 12.1 Å². The number of carbonyl (C=O) groups is 3. The molecule has 2 aliphatic rings. The molecule has 1 aliphatic carbocycles. The van der Waals surface area contributed by atoms with E-state index >= 15 is 0 Å². The molecule has 1 fully saturated rings. The first kappa shape index (κ1) is 21.6. The maximum atomic E-state index is 12.7. The molecule has 8 nitrogen and oxygen atoms in total. The summed E-state index contributed by atoms with van der Waals surface area (Å²) >= 11 is 0. The van der Waals surface area contributed by atoms with Gasteiger partial charge in [0.05, 0.1) is 16.8 Å². The van der Waals surface area contributed by atoms with Crippen LogP contribution >= 0.6 is 0 Å². The van der Waals surface area contributed by atoms with Crippen LogP contribution in [0.25, 0.3) is 11.1 Å². The molecule has 1 aliphatic heterocycles. The molecule has 0 saturated heterocycles. The Morgan fingerprint density at radius 2 is 1.82 bits per heavy atom. The van der Waals surface area contributed by atoms with Gasteiger partial charge in [-0.15, -0.1) is 0 Å². The number of aromatic carboxylic acids is 2. The molecule has 0 spiro atoms. The second-order valence-electron chi connectivity index (χ2n) is 8.67. The molecule has 0 radical (unpaired) electrons. The van der Waals surface area contributed by atoms with Crippen LogP contribution in [0.4, 0.5) is 17.1 Å². The summed E-state index contributed by atoms with van der Waals surface area (Å²) in [5, 5.41) is 22.5. The second-order valence-corrected chi connectivity index (χ2v) is 8.67. The molecule has 0 atom stereocenters. The summed E-state index contributed by atoms with van der Waals surface area (Å²) < 4.78 is 0. The highest BCUT2D eigenvalue weighted by Crippen LogP contribution is 2.43. The van der Waals surface area contributed by atoms with Crippen molar-refractivity contribution in [3.05, 3.63) is 71.0 Å². The average Bonchev–Trinajstić information content (AvgIpc) is 3.63. The normalized spacial score (nSPS) is 15.1. The van der Waals surface area contributed by atoms with E-state index < -0.39 is 11.9 Å². The standard InChI is InChI=1S/C26H23N3O5/c1-14-11-15(9-10-27-14)19-12-16-5-8-23(30)29(17-6-7-17)22(16)13-21(19)28-20-4-2-3-18(25(31)32)24(20)26(33)34/h2-4,9-13,17,28H,5-8H2,1H3,(H,31,32)(H,33,34). The number of rotatable bonds is 6. The molecular weight excluding hydrogens is 434 g/mol. The SMILES string of the molecule is Cc1cc(-c2cc3c(cc2Nc2cccc(C(=O)O)c2C(=O)O)N(C2CC2)C(=O)CC3)ccn1. The average molecular weight is 457 g/mol. The van der Waals surface area contributed by atoms with Gasteiger partial charge in [0, 0.05) is 41.3 Å². The first-order valence-corrected chi connectivity index (χ1v) is 11.1. The third kappa shape index (κ3) is 3.87. The summed E-state index contributed by atoms with van der Waals surface area (Å²) in [7, 11) is 0. The summed E-state index contributed by atoms with van der Waals surface area (Å²) in [5.74, 6) is -2.57. The number of anilines is 3. The molecule has 2 heterocycles. The van der Waals surface area contributed by atoms with Crippen molar-refractivity contribution < 1.29 is 24.6 Å². The molecule has 1 saturated carbocycles. The number of nitrogens with one attached hydrogen (secondary N) is 1. The summed E-state index contributed by atoms with van der Waals surface area (Å²) in [4.78, 5) is 42.5. The molecule has 1 amide bonds. The maximum absolute atomic E-state index is 12.7. The van der Waals surface area contributed by atoms with Gasteiger partial charge in [-0.3, -0.25) is 9.78 Å². The van der Waals surface area contributed by atoms with E-state index in [4.69, 9.17) is 0 Å². The van der Waals surface area contributed by atoms with Gasteiger partial charge in [-0.25, -0.2) is 9.59 Å². The Hall–Kier alpha value is -4.20. The fourth-order valence-corrected chi connectivity index (χ4v) is 4.55. The summed E-state index contributed by atoms with van der Waals surface area (Å²) in [6, 6.07) is 12.2. The molecule has 8 heteroatoms. The Bertz CT molecular complexity index is 1350. The van der Waals surface area contributed by atoms with Crippen molar-refractivity contribution in [3.63, 3.8) is 0 Å². The van der Waals surface area contributed by atoms with Crippen LogP contribution in [0, 0.1) is 6.92 Å². The van der Waals surface area contributed by atoms with Gasteiger partial charge in [-0.2, -0.15) is 0 Å². The zero-order chi connectivity index (χ0) is 24.0. The topological polar surface area (TPSA) is 120 Å². The van der Waals surface area contributed by atoms with E-state index in [0.717, 1.165) is 40.9 Å². The van der Waals surface area contributed by atoms with Crippen molar-refractivity contribution in [1.82, 2.24) is 4.98 Å². The van der Waals surface area contributed by atoms with Gasteiger partial charge in [0.1, 0.15) is 0 Å². The van der Waals surface area contributed by atoms with Gasteiger partial charge in [0.2, 0.25) is 5.91 Å². The smallest absolute Gasteiger partial charge is 0.338 e. The monoisotopic (exact) mass is 457 g/mol. The largest absolute Gasteiger partial charge is 0.478 e. The van der Waals surface area contributed by atoms with Gasteiger partial charge in [-0.1, -0.05) is 6.07 Å². The number of benzene rings is 2. The summed E-state index contributed by atoms with van der Waals surface area (Å²) in [6.07, 6.45) is 4.71. The van der Waals surface area contributed by atoms with Crippen LogP contribution in [0.5, 0.6) is 0 Å². The summed E-state index contributed by atoms with van der Waals surface area (Å²) in [5.41, 5.74) is 4.56. The number of hydrogen-bond donors (Lipinski definition) is 3. The van der Waals surface area contributed by atoms with Crippen molar-refractivity contribution in [3.8, 4) is 11.1 Å². The fourth-order valence-electron chi connectivity index (χ4n) is 4.55. The zero-order valence-corrected chi connectivity index (χ0v) is 18.5. The number of carboxylic acid groups (broad SMARTS) is 2. The van der Waals surface area contributed by atoms with Crippen LogP contribution < -0.4 is 10.2 Å². The number of carbonyl (C=O) groups excluding carboxylic acids is 1. The fraction of sp³-hybridized carbons (Fsp3) is 0.231. The third-order valence-corrected chi connectivity index (χ3v) is 6.25. The number of nitrogens with zero attached hydrogens (tertiary/aromatic N) is 2. The molecule has 0 bridgehead atoms. The van der Waals surface area contributed by atoms with Crippen LogP contribution in [0.15, 0.2) is 48.7 Å². The molecular formula is C26H23N3O5. The molecule has 3 aromatic rings. The van der Waals surface area contributed by atoms with Gasteiger partial charge in [0.15, 0.2) is 0 Å². The minimum atomic E-state index is -1.34. The Morgan fingerprint density at radius 3 is 2.50 bits per heavy atom. The first-order chi connectivity index (χ1) is 16.3. The van der Waals surface area contributed by atoms with E-state index in [9.17, 15) is 24.6 Å². The van der Waals surface area contributed by atoms with Gasteiger partial charge in [-0.05, 0) is 73.7 Å². The predicted molar refractivity (Wildman–Crippen MR) is 127 cm³/mol. The highest BCUT2D eigenvalue weighted by Gasteiger charge is 2.37. The molecule has 3 N–H and O–H groups in total. The number of aromatic nitrogens is 1. The molecule has 1 aromatic heterocycles.